The number of benzene rings is 1. The molecular weight excluding hydrogens is 225 g/mol. The quantitative estimate of drug-likeness (QED) is 0.485. The molecule has 2 aromatic rings. The van der Waals surface area contributed by atoms with E-state index in [1.165, 1.54) is 0 Å². The van der Waals surface area contributed by atoms with Gasteiger partial charge < -0.3 is 10.4 Å². The van der Waals surface area contributed by atoms with Crippen molar-refractivity contribution in [2.24, 2.45) is 5.10 Å². The van der Waals surface area contributed by atoms with Crippen molar-refractivity contribution >= 4 is 13.3 Å². The Morgan fingerprint density at radius 3 is 2.61 bits per heavy atom. The van der Waals surface area contributed by atoms with E-state index in [-0.39, 0.29) is 0 Å². The third kappa shape index (κ3) is 3.43. The number of pyridine rings is 1. The first-order valence-electron chi connectivity index (χ1n) is 5.74. The number of rotatable bonds is 4. The Morgan fingerprint density at radius 2 is 2.00 bits per heavy atom. The molecule has 0 aliphatic rings. The molecule has 0 fully saturated rings. The van der Waals surface area contributed by atoms with Gasteiger partial charge in [0, 0.05) is 11.8 Å². The molecule has 5 heteroatoms. The van der Waals surface area contributed by atoms with E-state index in [0.717, 1.165) is 16.8 Å². The Balaban J connectivity index is 2.09. The summed E-state index contributed by atoms with van der Waals surface area (Å²) < 4.78 is 0. The van der Waals surface area contributed by atoms with Crippen LogP contribution in [0.3, 0.4) is 0 Å². The SMILES string of the molecule is CB(O)N/N=C\c1ccc(-c2ccccn2)cc1. The lowest BCUT2D eigenvalue weighted by Gasteiger charge is -2.01. The normalized spacial score (nSPS) is 10.6. The molecule has 0 radical (unpaired) electrons. The van der Waals surface area contributed by atoms with Gasteiger partial charge >= 0.3 is 7.05 Å². The van der Waals surface area contributed by atoms with Crippen LogP contribution in [0.2, 0.25) is 6.82 Å². The average molecular weight is 239 g/mol. The molecule has 18 heavy (non-hydrogen) atoms. The number of hydrazone groups is 1. The summed E-state index contributed by atoms with van der Waals surface area (Å²) in [5.41, 5.74) is 2.97. The Kier molecular flexibility index (Phi) is 4.09. The smallest absolute Gasteiger partial charge is 0.423 e. The molecule has 0 saturated carbocycles. The molecule has 0 bridgehead atoms. The standard InChI is InChI=1S/C13H14BN3O/c1-14(18)17-16-10-11-5-7-12(8-6-11)13-4-2-3-9-15-13/h2-10,17-18H,1H3/b16-10-. The van der Waals surface area contributed by atoms with Crippen molar-refractivity contribution in [1.82, 2.24) is 10.3 Å². The Labute approximate surface area is 107 Å². The van der Waals surface area contributed by atoms with Crippen LogP contribution < -0.4 is 5.34 Å². The van der Waals surface area contributed by atoms with Crippen LogP contribution in [0.1, 0.15) is 5.56 Å². The van der Waals surface area contributed by atoms with Crippen LogP contribution in [0.4, 0.5) is 0 Å². The van der Waals surface area contributed by atoms with Gasteiger partial charge in [0.2, 0.25) is 0 Å². The lowest BCUT2D eigenvalue weighted by atomic mass is 9.91. The van der Waals surface area contributed by atoms with Crippen molar-refractivity contribution < 1.29 is 5.02 Å². The van der Waals surface area contributed by atoms with E-state index in [1.807, 2.05) is 42.5 Å². The fourth-order valence-corrected chi connectivity index (χ4v) is 1.49. The predicted molar refractivity (Wildman–Crippen MR) is 74.2 cm³/mol. The van der Waals surface area contributed by atoms with Crippen LogP contribution >= 0.6 is 0 Å². The lowest BCUT2D eigenvalue weighted by Crippen LogP contribution is -2.25. The van der Waals surface area contributed by atoms with Gasteiger partial charge in [0.1, 0.15) is 0 Å². The number of nitrogens with zero attached hydrogens (tertiary/aromatic N) is 2. The van der Waals surface area contributed by atoms with Gasteiger partial charge in [-0.2, -0.15) is 5.10 Å². The second-order valence-corrected chi connectivity index (χ2v) is 3.90. The summed E-state index contributed by atoms with van der Waals surface area (Å²) in [6.07, 6.45) is 3.44. The Morgan fingerprint density at radius 1 is 1.22 bits per heavy atom. The fourth-order valence-electron chi connectivity index (χ4n) is 1.49. The van der Waals surface area contributed by atoms with Crippen LogP contribution in [-0.2, 0) is 0 Å². The maximum atomic E-state index is 8.99. The van der Waals surface area contributed by atoms with Crippen molar-refractivity contribution in [1.29, 1.82) is 0 Å². The summed E-state index contributed by atoms with van der Waals surface area (Å²) in [5.74, 6) is 0. The highest BCUT2D eigenvalue weighted by Crippen LogP contribution is 2.15. The fraction of sp³-hybridized carbons (Fsp3) is 0.0769. The molecule has 1 aromatic carbocycles. The number of hydrogen-bond acceptors (Lipinski definition) is 4. The lowest BCUT2D eigenvalue weighted by molar-refractivity contribution is 0.559. The number of aromatic nitrogens is 1. The van der Waals surface area contributed by atoms with E-state index in [0.29, 0.717) is 0 Å². The van der Waals surface area contributed by atoms with E-state index >= 15 is 0 Å². The van der Waals surface area contributed by atoms with Gasteiger partial charge in [-0.25, -0.2) is 0 Å². The van der Waals surface area contributed by atoms with Gasteiger partial charge in [-0.05, 0) is 24.5 Å². The van der Waals surface area contributed by atoms with E-state index in [1.54, 1.807) is 19.2 Å². The summed E-state index contributed by atoms with van der Waals surface area (Å²) >= 11 is 0. The molecule has 0 spiro atoms. The first-order chi connectivity index (χ1) is 8.75. The van der Waals surface area contributed by atoms with Crippen LogP contribution in [0.5, 0.6) is 0 Å². The van der Waals surface area contributed by atoms with Gasteiger partial charge in [-0.15, -0.1) is 0 Å². The summed E-state index contributed by atoms with van der Waals surface area (Å²) in [5, 5.41) is 15.4. The minimum absolute atomic E-state index is 0.644. The van der Waals surface area contributed by atoms with Crippen LogP contribution in [0.15, 0.2) is 53.8 Å². The first kappa shape index (κ1) is 12.3. The highest BCUT2D eigenvalue weighted by Gasteiger charge is 1.98. The van der Waals surface area contributed by atoms with Gasteiger partial charge in [-0.3, -0.25) is 4.98 Å². The van der Waals surface area contributed by atoms with E-state index < -0.39 is 7.05 Å². The minimum Gasteiger partial charge on any atom is -0.432 e. The zero-order chi connectivity index (χ0) is 12.8. The summed E-state index contributed by atoms with van der Waals surface area (Å²) in [7, 11) is -0.644. The highest BCUT2D eigenvalue weighted by atomic mass is 16.2. The van der Waals surface area contributed by atoms with Gasteiger partial charge in [0.05, 0.1) is 11.9 Å². The van der Waals surface area contributed by atoms with E-state index in [4.69, 9.17) is 5.02 Å². The summed E-state index contributed by atoms with van der Waals surface area (Å²) in [6, 6.07) is 13.7. The Bertz CT molecular complexity index is 512. The third-order valence-electron chi connectivity index (χ3n) is 2.35. The largest absolute Gasteiger partial charge is 0.432 e. The molecule has 0 amide bonds. The average Bonchev–Trinajstić information content (AvgIpc) is 2.40. The molecule has 0 atom stereocenters. The topological polar surface area (TPSA) is 57.5 Å². The molecule has 90 valence electrons. The molecule has 1 aromatic heterocycles. The van der Waals surface area contributed by atoms with Gasteiger partial charge in [0.25, 0.3) is 0 Å². The van der Waals surface area contributed by atoms with Gasteiger partial charge in [-0.1, -0.05) is 30.3 Å². The van der Waals surface area contributed by atoms with Crippen molar-refractivity contribution in [3.05, 3.63) is 54.2 Å². The molecule has 1 heterocycles. The van der Waals surface area contributed by atoms with Crippen LogP contribution in [-0.4, -0.2) is 23.3 Å². The molecule has 0 unspecified atom stereocenters. The third-order valence-corrected chi connectivity index (χ3v) is 2.35. The first-order valence-corrected chi connectivity index (χ1v) is 5.74. The maximum absolute atomic E-state index is 8.99. The summed E-state index contributed by atoms with van der Waals surface area (Å²) in [4.78, 5) is 4.28. The number of hydrogen-bond donors (Lipinski definition) is 2. The van der Waals surface area contributed by atoms with E-state index in [9.17, 15) is 0 Å². The maximum Gasteiger partial charge on any atom is 0.423 e. The minimum atomic E-state index is -0.644. The molecule has 2 rings (SSSR count). The molecular formula is C13H14BN3O. The zero-order valence-corrected chi connectivity index (χ0v) is 10.1. The highest BCUT2D eigenvalue weighted by molar-refractivity contribution is 6.45. The van der Waals surface area contributed by atoms with Crippen molar-refractivity contribution in [2.75, 3.05) is 0 Å². The second kappa shape index (κ2) is 5.98. The number of nitrogens with one attached hydrogen (secondary N) is 1. The molecule has 0 aliphatic heterocycles. The van der Waals surface area contributed by atoms with Crippen molar-refractivity contribution in [3.63, 3.8) is 0 Å². The predicted octanol–water partition coefficient (Wildman–Crippen LogP) is 1.78. The molecule has 4 nitrogen and oxygen atoms in total. The molecule has 0 saturated heterocycles. The monoisotopic (exact) mass is 239 g/mol. The zero-order valence-electron chi connectivity index (χ0n) is 10.1. The second-order valence-electron chi connectivity index (χ2n) is 3.90. The molecule has 0 aliphatic carbocycles. The Hall–Kier alpha value is -2.14. The van der Waals surface area contributed by atoms with Crippen LogP contribution in [0, 0.1) is 0 Å². The van der Waals surface area contributed by atoms with Crippen LogP contribution in [0.25, 0.3) is 11.3 Å². The van der Waals surface area contributed by atoms with Gasteiger partial charge in [0.15, 0.2) is 0 Å². The van der Waals surface area contributed by atoms with Crippen molar-refractivity contribution in [3.8, 4) is 11.3 Å². The van der Waals surface area contributed by atoms with E-state index in [2.05, 4.69) is 15.4 Å². The van der Waals surface area contributed by atoms with Crippen molar-refractivity contribution in [2.45, 2.75) is 6.82 Å². The summed E-state index contributed by atoms with van der Waals surface area (Å²) in [6.45, 7) is 1.61. The molecule has 2 N–H and O–H groups in total.